The van der Waals surface area contributed by atoms with Gasteiger partial charge in [0.05, 0.1) is 0 Å². The Kier molecular flexibility index (Phi) is 5.49. The molecular formula is C15H29N3O. The van der Waals surface area contributed by atoms with E-state index in [1.54, 1.807) is 0 Å². The van der Waals surface area contributed by atoms with Gasteiger partial charge in [-0.05, 0) is 51.4 Å². The average Bonchev–Trinajstić information content (AvgIpc) is 2.98. The Morgan fingerprint density at radius 2 is 2.00 bits per heavy atom. The summed E-state index contributed by atoms with van der Waals surface area (Å²) in [5.41, 5.74) is 0.454. The van der Waals surface area contributed by atoms with Crippen LogP contribution in [0, 0.1) is 5.41 Å². The predicted octanol–water partition coefficient (Wildman–Crippen LogP) is 2.25. The molecule has 1 aliphatic carbocycles. The summed E-state index contributed by atoms with van der Waals surface area (Å²) in [4.78, 5) is 7.29. The van der Waals surface area contributed by atoms with Gasteiger partial charge in [0.15, 0.2) is 5.96 Å². The van der Waals surface area contributed by atoms with Crippen molar-refractivity contribution in [1.82, 2.24) is 10.2 Å². The van der Waals surface area contributed by atoms with Crippen molar-refractivity contribution in [2.75, 3.05) is 39.4 Å². The fourth-order valence-corrected chi connectivity index (χ4v) is 2.69. The van der Waals surface area contributed by atoms with Gasteiger partial charge in [0.1, 0.15) is 0 Å². The van der Waals surface area contributed by atoms with Crippen molar-refractivity contribution in [3.8, 4) is 0 Å². The van der Waals surface area contributed by atoms with E-state index in [4.69, 9.17) is 9.73 Å². The summed E-state index contributed by atoms with van der Waals surface area (Å²) in [6, 6.07) is 0. The lowest BCUT2D eigenvalue weighted by molar-refractivity contribution is 0.129. The minimum Gasteiger partial charge on any atom is -0.382 e. The maximum absolute atomic E-state index is 5.49. The smallest absolute Gasteiger partial charge is 0.193 e. The van der Waals surface area contributed by atoms with Gasteiger partial charge in [-0.2, -0.15) is 0 Å². The molecule has 2 rings (SSSR count). The maximum Gasteiger partial charge on any atom is 0.193 e. The van der Waals surface area contributed by atoms with E-state index in [-0.39, 0.29) is 0 Å². The molecule has 1 heterocycles. The van der Waals surface area contributed by atoms with Crippen LogP contribution in [0.25, 0.3) is 0 Å². The number of hydrogen-bond acceptors (Lipinski definition) is 2. The first kappa shape index (κ1) is 14.6. The zero-order chi connectivity index (χ0) is 13.6. The second kappa shape index (κ2) is 7.13. The minimum atomic E-state index is 0.454. The molecule has 1 saturated carbocycles. The van der Waals surface area contributed by atoms with Crippen molar-refractivity contribution in [3.63, 3.8) is 0 Å². The zero-order valence-corrected chi connectivity index (χ0v) is 12.6. The van der Waals surface area contributed by atoms with Crippen LogP contribution in [0.1, 0.15) is 46.0 Å². The molecule has 1 aliphatic heterocycles. The van der Waals surface area contributed by atoms with Gasteiger partial charge in [0.2, 0.25) is 0 Å². The SMILES string of the molecule is CCNC(=NCC1(CCOCC)CC1)N1CCCC1. The Balaban J connectivity index is 1.83. The van der Waals surface area contributed by atoms with E-state index in [0.717, 1.165) is 45.4 Å². The van der Waals surface area contributed by atoms with Gasteiger partial charge >= 0.3 is 0 Å². The molecule has 0 unspecified atom stereocenters. The highest BCUT2D eigenvalue weighted by Gasteiger charge is 2.42. The number of nitrogens with zero attached hydrogens (tertiary/aromatic N) is 2. The summed E-state index contributed by atoms with van der Waals surface area (Å²) >= 11 is 0. The number of aliphatic imine (C=N–C) groups is 1. The fraction of sp³-hybridized carbons (Fsp3) is 0.933. The standard InChI is InChI=1S/C15H29N3O/c1-3-16-14(18-10-5-6-11-18)17-13-15(7-8-15)9-12-19-4-2/h3-13H2,1-2H3,(H,16,17). The largest absolute Gasteiger partial charge is 0.382 e. The van der Waals surface area contributed by atoms with E-state index in [2.05, 4.69) is 24.1 Å². The number of hydrogen-bond donors (Lipinski definition) is 1. The van der Waals surface area contributed by atoms with Crippen LogP contribution in [0.15, 0.2) is 4.99 Å². The number of guanidine groups is 1. The zero-order valence-electron chi connectivity index (χ0n) is 12.6. The minimum absolute atomic E-state index is 0.454. The number of likely N-dealkylation sites (tertiary alicyclic amines) is 1. The van der Waals surface area contributed by atoms with Gasteiger partial charge in [-0.1, -0.05) is 0 Å². The van der Waals surface area contributed by atoms with Gasteiger partial charge in [-0.15, -0.1) is 0 Å². The molecule has 2 aliphatic rings. The number of ether oxygens (including phenoxy) is 1. The second-order valence-electron chi connectivity index (χ2n) is 5.81. The molecule has 1 saturated heterocycles. The van der Waals surface area contributed by atoms with E-state index in [1.807, 2.05) is 0 Å². The summed E-state index contributed by atoms with van der Waals surface area (Å²) in [7, 11) is 0. The van der Waals surface area contributed by atoms with E-state index in [0.29, 0.717) is 5.41 Å². The molecular weight excluding hydrogens is 238 g/mol. The highest BCUT2D eigenvalue weighted by atomic mass is 16.5. The lowest BCUT2D eigenvalue weighted by atomic mass is 10.0. The summed E-state index contributed by atoms with van der Waals surface area (Å²) in [6.07, 6.45) is 6.43. The molecule has 2 fully saturated rings. The Morgan fingerprint density at radius 3 is 2.58 bits per heavy atom. The molecule has 1 N–H and O–H groups in total. The molecule has 4 nitrogen and oxygen atoms in total. The van der Waals surface area contributed by atoms with Crippen molar-refractivity contribution < 1.29 is 4.74 Å². The van der Waals surface area contributed by atoms with Crippen molar-refractivity contribution in [2.45, 2.75) is 46.0 Å². The highest BCUT2D eigenvalue weighted by Crippen LogP contribution is 2.49. The Morgan fingerprint density at radius 1 is 1.26 bits per heavy atom. The molecule has 4 heteroatoms. The molecule has 0 amide bonds. The van der Waals surface area contributed by atoms with E-state index in [9.17, 15) is 0 Å². The van der Waals surface area contributed by atoms with E-state index < -0.39 is 0 Å². The lowest BCUT2D eigenvalue weighted by Gasteiger charge is -2.22. The van der Waals surface area contributed by atoms with Crippen LogP contribution in [0.2, 0.25) is 0 Å². The van der Waals surface area contributed by atoms with Crippen molar-refractivity contribution in [1.29, 1.82) is 0 Å². The van der Waals surface area contributed by atoms with Crippen LogP contribution in [-0.2, 0) is 4.74 Å². The first-order valence-electron chi connectivity index (χ1n) is 7.91. The molecule has 19 heavy (non-hydrogen) atoms. The van der Waals surface area contributed by atoms with Crippen LogP contribution in [0.4, 0.5) is 0 Å². The monoisotopic (exact) mass is 267 g/mol. The third kappa shape index (κ3) is 4.37. The second-order valence-corrected chi connectivity index (χ2v) is 5.81. The van der Waals surface area contributed by atoms with Gasteiger partial charge in [0.25, 0.3) is 0 Å². The normalized spacial score (nSPS) is 21.8. The van der Waals surface area contributed by atoms with Gasteiger partial charge in [-0.3, -0.25) is 4.99 Å². The topological polar surface area (TPSA) is 36.9 Å². The maximum atomic E-state index is 5.49. The Hall–Kier alpha value is -0.770. The van der Waals surface area contributed by atoms with Gasteiger partial charge < -0.3 is 15.0 Å². The van der Waals surface area contributed by atoms with Crippen LogP contribution < -0.4 is 5.32 Å². The summed E-state index contributed by atoms with van der Waals surface area (Å²) < 4.78 is 5.49. The molecule has 0 aromatic rings. The summed E-state index contributed by atoms with van der Waals surface area (Å²) in [6.45, 7) is 10.2. The lowest BCUT2D eigenvalue weighted by Crippen LogP contribution is -2.40. The molecule has 0 radical (unpaired) electrons. The molecule has 0 aromatic heterocycles. The van der Waals surface area contributed by atoms with Crippen LogP contribution >= 0.6 is 0 Å². The van der Waals surface area contributed by atoms with Crippen molar-refractivity contribution in [2.24, 2.45) is 10.4 Å². The molecule has 0 atom stereocenters. The molecule has 110 valence electrons. The van der Waals surface area contributed by atoms with E-state index in [1.165, 1.54) is 32.1 Å². The van der Waals surface area contributed by atoms with Crippen LogP contribution in [-0.4, -0.2) is 50.3 Å². The molecule has 0 spiro atoms. The first-order valence-corrected chi connectivity index (χ1v) is 7.91. The molecule has 0 bridgehead atoms. The molecule has 0 aromatic carbocycles. The predicted molar refractivity (Wildman–Crippen MR) is 79.6 cm³/mol. The van der Waals surface area contributed by atoms with E-state index >= 15 is 0 Å². The van der Waals surface area contributed by atoms with Crippen LogP contribution in [0.3, 0.4) is 0 Å². The summed E-state index contributed by atoms with van der Waals surface area (Å²) in [5.74, 6) is 1.13. The number of nitrogens with one attached hydrogen (secondary N) is 1. The summed E-state index contributed by atoms with van der Waals surface area (Å²) in [5, 5.41) is 3.44. The number of rotatable bonds is 7. The van der Waals surface area contributed by atoms with Gasteiger partial charge in [-0.25, -0.2) is 0 Å². The average molecular weight is 267 g/mol. The van der Waals surface area contributed by atoms with Crippen LogP contribution in [0.5, 0.6) is 0 Å². The van der Waals surface area contributed by atoms with Crippen molar-refractivity contribution >= 4 is 5.96 Å². The fourth-order valence-electron chi connectivity index (χ4n) is 2.69. The third-order valence-electron chi connectivity index (χ3n) is 4.24. The Labute approximate surface area is 117 Å². The quantitative estimate of drug-likeness (QED) is 0.437. The first-order chi connectivity index (χ1) is 9.29. The highest BCUT2D eigenvalue weighted by molar-refractivity contribution is 5.80. The van der Waals surface area contributed by atoms with Crippen molar-refractivity contribution in [3.05, 3.63) is 0 Å². The Bertz CT molecular complexity index is 294. The third-order valence-corrected chi connectivity index (χ3v) is 4.24. The van der Waals surface area contributed by atoms with Gasteiger partial charge in [0, 0.05) is 39.4 Å².